The number of halogens is 1. The number of rotatable bonds is 6. The lowest BCUT2D eigenvalue weighted by Gasteiger charge is -2.36. The maximum atomic E-state index is 15.7. The van der Waals surface area contributed by atoms with Crippen LogP contribution in [0.1, 0.15) is 103 Å². The predicted molar refractivity (Wildman–Crippen MR) is 141 cm³/mol. The molecule has 12 heteroatoms. The molecule has 226 valence electrons. The highest BCUT2D eigenvalue weighted by atomic mass is 19.1. The fourth-order valence-electron chi connectivity index (χ4n) is 2.94. The summed E-state index contributed by atoms with van der Waals surface area (Å²) >= 11 is 0. The molecular weight excluding hydrogens is 515 g/mol. The lowest BCUT2D eigenvalue weighted by Crippen LogP contribution is -2.59. The molecule has 0 saturated heterocycles. The Morgan fingerprint density at radius 3 is 1.18 bits per heavy atom. The third kappa shape index (κ3) is 13.6. The summed E-state index contributed by atoms with van der Waals surface area (Å²) in [5.74, 6) is -3.29. The number of ether oxygens (including phenoxy) is 4. The number of imide groups is 2. The van der Waals surface area contributed by atoms with E-state index in [9.17, 15) is 24.0 Å². The Bertz CT molecular complexity index is 878. The number of esters is 1. The smallest absolute Gasteiger partial charge is 0.420 e. The van der Waals surface area contributed by atoms with E-state index >= 15 is 4.39 Å². The standard InChI is InChI=1S/C27H47FN2O9/c1-16(2)15-17(29(21(33)37-25(6,7)8)22(34)38-26(9,10)11)19(31)30(23(35)39-27(12,13)14)18(28)20(32)36-24(3,4)5/h16-18H,15H2,1-14H3/t17-,18+/m0/s1. The third-order valence-corrected chi connectivity index (χ3v) is 4.13. The molecule has 0 spiro atoms. The number of amides is 4. The van der Waals surface area contributed by atoms with Gasteiger partial charge in [0, 0.05) is 0 Å². The number of nitrogens with zero attached hydrogens (tertiary/aromatic N) is 2. The van der Waals surface area contributed by atoms with E-state index in [-0.39, 0.29) is 17.2 Å². The zero-order valence-corrected chi connectivity index (χ0v) is 25.9. The first-order valence-electron chi connectivity index (χ1n) is 12.8. The van der Waals surface area contributed by atoms with Gasteiger partial charge in [-0.1, -0.05) is 13.8 Å². The van der Waals surface area contributed by atoms with Gasteiger partial charge in [0.2, 0.25) is 0 Å². The van der Waals surface area contributed by atoms with E-state index < -0.39 is 64.9 Å². The van der Waals surface area contributed by atoms with E-state index in [1.165, 1.54) is 41.5 Å². The molecule has 0 aliphatic heterocycles. The van der Waals surface area contributed by atoms with Crippen LogP contribution in [-0.4, -0.2) is 74.7 Å². The molecule has 11 nitrogen and oxygen atoms in total. The van der Waals surface area contributed by atoms with Crippen LogP contribution < -0.4 is 0 Å². The first-order valence-corrected chi connectivity index (χ1v) is 12.8. The van der Waals surface area contributed by atoms with Gasteiger partial charge in [-0.3, -0.25) is 4.79 Å². The zero-order valence-electron chi connectivity index (χ0n) is 25.9. The lowest BCUT2D eigenvalue weighted by atomic mass is 10.0. The molecular formula is C27H47FN2O9. The Kier molecular flexibility index (Phi) is 12.0. The molecule has 0 aliphatic rings. The van der Waals surface area contributed by atoms with Gasteiger partial charge >= 0.3 is 24.2 Å². The summed E-state index contributed by atoms with van der Waals surface area (Å²) in [6.07, 6.45) is -7.19. The quantitative estimate of drug-likeness (QED) is 0.218. The predicted octanol–water partition coefficient (Wildman–Crippen LogP) is 5.97. The molecule has 0 bridgehead atoms. The van der Waals surface area contributed by atoms with Gasteiger partial charge in [0.05, 0.1) is 0 Å². The van der Waals surface area contributed by atoms with Gasteiger partial charge < -0.3 is 18.9 Å². The van der Waals surface area contributed by atoms with Crippen molar-refractivity contribution >= 4 is 30.2 Å². The van der Waals surface area contributed by atoms with E-state index in [2.05, 4.69) is 0 Å². The third-order valence-electron chi connectivity index (χ3n) is 4.13. The number of hydrogen-bond acceptors (Lipinski definition) is 9. The Balaban J connectivity index is 6.99. The Morgan fingerprint density at radius 1 is 0.590 bits per heavy atom. The summed E-state index contributed by atoms with van der Waals surface area (Å²) in [7, 11) is 0. The largest absolute Gasteiger partial charge is 0.456 e. The van der Waals surface area contributed by atoms with Gasteiger partial charge in [-0.05, 0) is 95.4 Å². The Hall–Kier alpha value is -2.92. The van der Waals surface area contributed by atoms with Crippen LogP contribution in [0.2, 0.25) is 0 Å². The van der Waals surface area contributed by atoms with Gasteiger partial charge in [0.1, 0.15) is 28.4 Å². The second-order valence-electron chi connectivity index (χ2n) is 13.5. The van der Waals surface area contributed by atoms with E-state index in [4.69, 9.17) is 18.9 Å². The molecule has 0 unspecified atom stereocenters. The summed E-state index contributed by atoms with van der Waals surface area (Å²) in [4.78, 5) is 66.5. The van der Waals surface area contributed by atoms with Gasteiger partial charge in [0.15, 0.2) is 0 Å². The summed E-state index contributed by atoms with van der Waals surface area (Å²) in [5.41, 5.74) is -4.52. The maximum absolute atomic E-state index is 15.7. The van der Waals surface area contributed by atoms with Crippen LogP contribution >= 0.6 is 0 Å². The first-order chi connectivity index (χ1) is 17.1. The van der Waals surface area contributed by atoms with Crippen LogP contribution in [0.15, 0.2) is 0 Å². The molecule has 0 N–H and O–H groups in total. The minimum absolute atomic E-state index is 0.0753. The van der Waals surface area contributed by atoms with Crippen LogP contribution in [0.25, 0.3) is 0 Å². The Morgan fingerprint density at radius 2 is 0.897 bits per heavy atom. The minimum Gasteiger partial charge on any atom is -0.456 e. The molecule has 0 radical (unpaired) electrons. The van der Waals surface area contributed by atoms with Crippen molar-refractivity contribution in [3.8, 4) is 0 Å². The van der Waals surface area contributed by atoms with Crippen molar-refractivity contribution in [2.75, 3.05) is 0 Å². The van der Waals surface area contributed by atoms with Crippen molar-refractivity contribution in [1.82, 2.24) is 9.80 Å². The normalized spacial score (nSPS) is 14.2. The van der Waals surface area contributed by atoms with Crippen molar-refractivity contribution in [2.24, 2.45) is 5.92 Å². The van der Waals surface area contributed by atoms with Crippen LogP contribution in [0.5, 0.6) is 0 Å². The van der Waals surface area contributed by atoms with Crippen molar-refractivity contribution in [1.29, 1.82) is 0 Å². The highest BCUT2D eigenvalue weighted by molar-refractivity contribution is 6.02. The lowest BCUT2D eigenvalue weighted by molar-refractivity contribution is -0.172. The highest BCUT2D eigenvalue weighted by Crippen LogP contribution is 2.25. The molecule has 39 heavy (non-hydrogen) atoms. The van der Waals surface area contributed by atoms with Crippen molar-refractivity contribution in [3.05, 3.63) is 0 Å². The average Bonchev–Trinajstić information content (AvgIpc) is 2.61. The van der Waals surface area contributed by atoms with Crippen molar-refractivity contribution in [2.45, 2.75) is 138 Å². The van der Waals surface area contributed by atoms with Gasteiger partial charge in [-0.2, -0.15) is 4.90 Å². The molecule has 0 rings (SSSR count). The molecule has 0 aromatic rings. The molecule has 4 amide bonds. The molecule has 0 fully saturated rings. The summed E-state index contributed by atoms with van der Waals surface area (Å²) in [6.45, 7) is 21.5. The molecule has 0 aromatic carbocycles. The highest BCUT2D eigenvalue weighted by Gasteiger charge is 2.48. The van der Waals surface area contributed by atoms with Crippen LogP contribution in [-0.2, 0) is 28.5 Å². The van der Waals surface area contributed by atoms with Gasteiger partial charge in [0.25, 0.3) is 12.2 Å². The number of carbonyl (C=O) groups excluding carboxylic acids is 5. The van der Waals surface area contributed by atoms with Crippen molar-refractivity contribution < 1.29 is 47.3 Å². The van der Waals surface area contributed by atoms with E-state index in [0.717, 1.165) is 0 Å². The first kappa shape index (κ1) is 36.1. The molecule has 0 saturated carbocycles. The SMILES string of the molecule is CC(C)C[C@@H](C(=O)N(C(=O)OC(C)(C)C)[C@@H](F)C(=O)OC(C)(C)C)N(C(=O)OC(C)(C)C)C(=O)OC(C)(C)C. The molecule has 0 aliphatic carbocycles. The van der Waals surface area contributed by atoms with E-state index in [0.29, 0.717) is 4.90 Å². The van der Waals surface area contributed by atoms with E-state index in [1.54, 1.807) is 55.4 Å². The number of carbonyl (C=O) groups is 5. The average molecular weight is 563 g/mol. The fraction of sp³-hybridized carbons (Fsp3) is 0.815. The molecule has 0 heterocycles. The van der Waals surface area contributed by atoms with Crippen LogP contribution in [0, 0.1) is 5.92 Å². The summed E-state index contributed by atoms with van der Waals surface area (Å²) in [5, 5.41) is 0. The molecule has 2 atom stereocenters. The zero-order chi connectivity index (χ0) is 31.3. The van der Waals surface area contributed by atoms with Crippen LogP contribution in [0.3, 0.4) is 0 Å². The molecule has 0 aromatic heterocycles. The van der Waals surface area contributed by atoms with Gasteiger partial charge in [-0.25, -0.2) is 28.5 Å². The second-order valence-corrected chi connectivity index (χ2v) is 13.5. The van der Waals surface area contributed by atoms with Crippen LogP contribution in [0.4, 0.5) is 18.8 Å². The van der Waals surface area contributed by atoms with Crippen molar-refractivity contribution in [3.63, 3.8) is 0 Å². The summed E-state index contributed by atoms with van der Waals surface area (Å²) in [6, 6.07) is -1.80. The topological polar surface area (TPSA) is 129 Å². The second kappa shape index (κ2) is 13.0. The van der Waals surface area contributed by atoms with Gasteiger partial charge in [-0.15, -0.1) is 0 Å². The summed E-state index contributed by atoms with van der Waals surface area (Å²) < 4.78 is 36.6. The monoisotopic (exact) mass is 562 g/mol. The number of hydrogen-bond donors (Lipinski definition) is 0. The minimum atomic E-state index is -2.94. The fourth-order valence-corrected chi connectivity index (χ4v) is 2.94. The maximum Gasteiger partial charge on any atom is 0.420 e. The van der Waals surface area contributed by atoms with E-state index in [1.807, 2.05) is 0 Å². The Labute approximate surface area is 231 Å². The number of alkyl halides is 1.